The van der Waals surface area contributed by atoms with Crippen molar-refractivity contribution in [1.82, 2.24) is 4.90 Å². The summed E-state index contributed by atoms with van der Waals surface area (Å²) in [6.07, 6.45) is 1.74. The van der Waals surface area contributed by atoms with Crippen molar-refractivity contribution < 1.29 is 9.53 Å². The Kier molecular flexibility index (Phi) is 5.16. The molecule has 3 heteroatoms. The van der Waals surface area contributed by atoms with Gasteiger partial charge in [-0.15, -0.1) is 6.58 Å². The molecule has 0 bridgehead atoms. The van der Waals surface area contributed by atoms with Gasteiger partial charge in [0.05, 0.1) is 7.11 Å². The fourth-order valence-corrected chi connectivity index (χ4v) is 2.09. The summed E-state index contributed by atoms with van der Waals surface area (Å²) in [6, 6.07) is 17.0. The number of ether oxygens (including phenoxy) is 1. The lowest BCUT2D eigenvalue weighted by molar-refractivity contribution is 0.0762. The number of nitrogens with zero attached hydrogens (tertiary/aromatic N) is 1. The first kappa shape index (κ1) is 14.9. The largest absolute Gasteiger partial charge is 0.497 e. The summed E-state index contributed by atoms with van der Waals surface area (Å²) in [5.74, 6) is 0.815. The Balaban J connectivity index is 2.14. The second-order valence-corrected chi connectivity index (χ2v) is 4.69. The quantitative estimate of drug-likeness (QED) is 0.758. The number of rotatable bonds is 6. The van der Waals surface area contributed by atoms with Gasteiger partial charge in [-0.2, -0.15) is 0 Å². The third-order valence-corrected chi connectivity index (χ3v) is 3.19. The van der Waals surface area contributed by atoms with Crippen LogP contribution in [0.2, 0.25) is 0 Å². The molecule has 2 rings (SSSR count). The third-order valence-electron chi connectivity index (χ3n) is 3.19. The van der Waals surface area contributed by atoms with Gasteiger partial charge in [0.25, 0.3) is 5.91 Å². The summed E-state index contributed by atoms with van der Waals surface area (Å²) in [6.45, 7) is 4.79. The van der Waals surface area contributed by atoms with E-state index in [9.17, 15) is 4.79 Å². The second-order valence-electron chi connectivity index (χ2n) is 4.69. The molecule has 0 unspecified atom stereocenters. The van der Waals surface area contributed by atoms with Crippen molar-refractivity contribution in [3.63, 3.8) is 0 Å². The van der Waals surface area contributed by atoms with E-state index in [4.69, 9.17) is 4.74 Å². The summed E-state index contributed by atoms with van der Waals surface area (Å²) < 4.78 is 5.14. The molecular weight excluding hydrogens is 262 g/mol. The lowest BCUT2D eigenvalue weighted by Crippen LogP contribution is -2.30. The molecule has 0 atom stereocenters. The van der Waals surface area contributed by atoms with Gasteiger partial charge in [0.15, 0.2) is 0 Å². The Morgan fingerprint density at radius 1 is 1.14 bits per heavy atom. The van der Waals surface area contributed by atoms with Crippen LogP contribution in [-0.2, 0) is 6.54 Å². The summed E-state index contributed by atoms with van der Waals surface area (Å²) >= 11 is 0. The van der Waals surface area contributed by atoms with Crippen LogP contribution < -0.4 is 4.74 Å². The van der Waals surface area contributed by atoms with E-state index in [-0.39, 0.29) is 5.91 Å². The van der Waals surface area contributed by atoms with Gasteiger partial charge in [0.1, 0.15) is 5.75 Å². The van der Waals surface area contributed by atoms with Gasteiger partial charge in [-0.05, 0) is 29.8 Å². The number of hydrogen-bond acceptors (Lipinski definition) is 2. The smallest absolute Gasteiger partial charge is 0.254 e. The molecule has 0 aliphatic carbocycles. The molecule has 0 saturated heterocycles. The molecule has 2 aromatic rings. The average molecular weight is 281 g/mol. The number of carbonyl (C=O) groups excluding carboxylic acids is 1. The average Bonchev–Trinajstić information content (AvgIpc) is 2.55. The molecule has 0 aliphatic rings. The third kappa shape index (κ3) is 3.96. The van der Waals surface area contributed by atoms with Crippen LogP contribution in [0.3, 0.4) is 0 Å². The second kappa shape index (κ2) is 7.29. The van der Waals surface area contributed by atoms with Crippen LogP contribution in [0.15, 0.2) is 67.3 Å². The normalized spacial score (nSPS) is 9.95. The van der Waals surface area contributed by atoms with E-state index in [0.29, 0.717) is 18.7 Å². The lowest BCUT2D eigenvalue weighted by atomic mass is 10.1. The van der Waals surface area contributed by atoms with E-state index in [1.807, 2.05) is 54.6 Å². The van der Waals surface area contributed by atoms with Crippen LogP contribution in [0.5, 0.6) is 5.75 Å². The van der Waals surface area contributed by atoms with E-state index in [0.717, 1.165) is 11.3 Å². The number of amides is 1. The van der Waals surface area contributed by atoms with Crippen molar-refractivity contribution in [2.45, 2.75) is 6.54 Å². The van der Waals surface area contributed by atoms with Gasteiger partial charge in [0, 0.05) is 18.7 Å². The molecule has 108 valence electrons. The Bertz CT molecular complexity index is 590. The van der Waals surface area contributed by atoms with E-state index < -0.39 is 0 Å². The Labute approximate surface area is 125 Å². The van der Waals surface area contributed by atoms with E-state index in [1.165, 1.54) is 0 Å². The maximum absolute atomic E-state index is 12.5. The van der Waals surface area contributed by atoms with Crippen LogP contribution in [0.1, 0.15) is 15.9 Å². The molecule has 21 heavy (non-hydrogen) atoms. The van der Waals surface area contributed by atoms with Crippen molar-refractivity contribution in [2.24, 2.45) is 0 Å². The van der Waals surface area contributed by atoms with Gasteiger partial charge >= 0.3 is 0 Å². The van der Waals surface area contributed by atoms with E-state index in [2.05, 4.69) is 6.58 Å². The predicted molar refractivity (Wildman–Crippen MR) is 84.4 cm³/mol. The molecule has 1 amide bonds. The van der Waals surface area contributed by atoms with Gasteiger partial charge in [0.2, 0.25) is 0 Å². The van der Waals surface area contributed by atoms with Crippen LogP contribution in [0.4, 0.5) is 0 Å². The number of hydrogen-bond donors (Lipinski definition) is 0. The standard InChI is InChI=1S/C18H19NO2/c1-3-13-19(18(20)16-7-5-4-6-8-16)14-15-9-11-17(21-2)12-10-15/h3-12H,1,13-14H2,2H3. The van der Waals surface area contributed by atoms with Crippen molar-refractivity contribution >= 4 is 5.91 Å². The van der Waals surface area contributed by atoms with Crippen LogP contribution in [-0.4, -0.2) is 24.5 Å². The zero-order valence-electron chi connectivity index (χ0n) is 12.2. The molecule has 0 fully saturated rings. The van der Waals surface area contributed by atoms with Crippen molar-refractivity contribution in [3.8, 4) is 5.75 Å². The van der Waals surface area contributed by atoms with E-state index >= 15 is 0 Å². The molecule has 0 saturated carbocycles. The zero-order chi connectivity index (χ0) is 15.1. The van der Waals surface area contributed by atoms with E-state index in [1.54, 1.807) is 18.1 Å². The molecule has 0 spiro atoms. The molecule has 0 aliphatic heterocycles. The Morgan fingerprint density at radius 3 is 2.38 bits per heavy atom. The first-order valence-corrected chi connectivity index (χ1v) is 6.82. The van der Waals surface area contributed by atoms with Crippen LogP contribution in [0, 0.1) is 0 Å². The molecule has 0 radical (unpaired) electrons. The number of methoxy groups -OCH3 is 1. The highest BCUT2D eigenvalue weighted by molar-refractivity contribution is 5.94. The monoisotopic (exact) mass is 281 g/mol. The van der Waals surface area contributed by atoms with Gasteiger partial charge < -0.3 is 9.64 Å². The topological polar surface area (TPSA) is 29.5 Å². The molecule has 0 heterocycles. The highest BCUT2D eigenvalue weighted by atomic mass is 16.5. The highest BCUT2D eigenvalue weighted by Gasteiger charge is 2.14. The van der Waals surface area contributed by atoms with Crippen LogP contribution in [0.25, 0.3) is 0 Å². The number of carbonyl (C=O) groups is 1. The van der Waals surface area contributed by atoms with Crippen molar-refractivity contribution in [2.75, 3.05) is 13.7 Å². The Morgan fingerprint density at radius 2 is 1.81 bits per heavy atom. The van der Waals surface area contributed by atoms with Crippen molar-refractivity contribution in [3.05, 3.63) is 78.4 Å². The minimum absolute atomic E-state index is 0.00585. The lowest BCUT2D eigenvalue weighted by Gasteiger charge is -2.21. The molecule has 3 nitrogen and oxygen atoms in total. The molecular formula is C18H19NO2. The van der Waals surface area contributed by atoms with Crippen LogP contribution >= 0.6 is 0 Å². The van der Waals surface area contributed by atoms with Gasteiger partial charge in [-0.1, -0.05) is 36.4 Å². The first-order valence-electron chi connectivity index (χ1n) is 6.82. The van der Waals surface area contributed by atoms with Gasteiger partial charge in [-0.3, -0.25) is 4.79 Å². The Hall–Kier alpha value is -2.55. The maximum Gasteiger partial charge on any atom is 0.254 e. The highest BCUT2D eigenvalue weighted by Crippen LogP contribution is 2.14. The van der Waals surface area contributed by atoms with Gasteiger partial charge in [-0.25, -0.2) is 0 Å². The summed E-state index contributed by atoms with van der Waals surface area (Å²) in [5.41, 5.74) is 1.75. The SMILES string of the molecule is C=CCN(Cc1ccc(OC)cc1)C(=O)c1ccccc1. The minimum atomic E-state index is 0.00585. The fourth-order valence-electron chi connectivity index (χ4n) is 2.09. The fraction of sp³-hybridized carbons (Fsp3) is 0.167. The maximum atomic E-state index is 12.5. The summed E-state index contributed by atoms with van der Waals surface area (Å²) in [5, 5.41) is 0. The molecule has 2 aromatic carbocycles. The minimum Gasteiger partial charge on any atom is -0.497 e. The first-order chi connectivity index (χ1) is 10.2. The molecule has 0 aromatic heterocycles. The zero-order valence-corrected chi connectivity index (χ0v) is 12.2. The summed E-state index contributed by atoms with van der Waals surface area (Å²) in [4.78, 5) is 14.3. The predicted octanol–water partition coefficient (Wildman–Crippen LogP) is 3.52. The number of benzene rings is 2. The molecule has 0 N–H and O–H groups in total. The summed E-state index contributed by atoms with van der Waals surface area (Å²) in [7, 11) is 1.64. The van der Waals surface area contributed by atoms with Crippen molar-refractivity contribution in [1.29, 1.82) is 0 Å².